The molecule has 0 aliphatic carbocycles. The van der Waals surface area contributed by atoms with Crippen molar-refractivity contribution in [1.29, 1.82) is 0 Å². The van der Waals surface area contributed by atoms with Crippen LogP contribution in [-0.4, -0.2) is 12.5 Å². The van der Waals surface area contributed by atoms with Crippen molar-refractivity contribution in [3.8, 4) is 0 Å². The van der Waals surface area contributed by atoms with E-state index in [1.165, 1.54) is 5.56 Å². The zero-order chi connectivity index (χ0) is 14.1. The molecular weight excluding hydrogens is 316 g/mol. The summed E-state index contributed by atoms with van der Waals surface area (Å²) in [5, 5.41) is 6.22. The molecule has 3 nitrogen and oxygen atoms in total. The lowest BCUT2D eigenvalue weighted by Crippen LogP contribution is -2.12. The van der Waals surface area contributed by atoms with E-state index in [0.29, 0.717) is 5.56 Å². The number of nitrogens with one attached hydrogen (secondary N) is 2. The second kappa shape index (κ2) is 5.29. The Morgan fingerprint density at radius 3 is 2.90 bits per heavy atom. The normalized spacial score (nSPS) is 12.7. The Bertz CT molecular complexity index is 682. The molecule has 0 aromatic heterocycles. The van der Waals surface area contributed by atoms with Crippen molar-refractivity contribution < 1.29 is 4.79 Å². The fourth-order valence-corrected chi connectivity index (χ4v) is 2.94. The summed E-state index contributed by atoms with van der Waals surface area (Å²) >= 11 is 3.47. The molecule has 1 heterocycles. The van der Waals surface area contributed by atoms with Crippen LogP contribution in [-0.2, 0) is 6.42 Å². The molecule has 3 rings (SSSR count). The molecule has 0 fully saturated rings. The van der Waals surface area contributed by atoms with E-state index < -0.39 is 0 Å². The van der Waals surface area contributed by atoms with Gasteiger partial charge in [0, 0.05) is 22.3 Å². The molecular formula is C16H15BrN2O. The van der Waals surface area contributed by atoms with E-state index in [2.05, 4.69) is 26.6 Å². The van der Waals surface area contributed by atoms with Crippen LogP contribution >= 0.6 is 15.9 Å². The number of benzene rings is 2. The van der Waals surface area contributed by atoms with Crippen LogP contribution in [0.25, 0.3) is 0 Å². The molecule has 0 atom stereocenters. The summed E-state index contributed by atoms with van der Waals surface area (Å²) in [5.41, 5.74) is 4.95. The van der Waals surface area contributed by atoms with Gasteiger partial charge in [-0.25, -0.2) is 0 Å². The summed E-state index contributed by atoms with van der Waals surface area (Å²) in [6, 6.07) is 11.7. The van der Waals surface area contributed by atoms with E-state index in [-0.39, 0.29) is 5.91 Å². The van der Waals surface area contributed by atoms with E-state index in [1.54, 1.807) is 0 Å². The van der Waals surface area contributed by atoms with Crippen molar-refractivity contribution in [2.45, 2.75) is 13.3 Å². The van der Waals surface area contributed by atoms with Gasteiger partial charge in [-0.2, -0.15) is 0 Å². The second-order valence-corrected chi connectivity index (χ2v) is 5.84. The maximum atomic E-state index is 12.3. The van der Waals surface area contributed by atoms with E-state index in [1.807, 2.05) is 43.3 Å². The highest BCUT2D eigenvalue weighted by Gasteiger charge is 2.14. The molecule has 2 aromatic rings. The fraction of sp³-hybridized carbons (Fsp3) is 0.188. The number of hydrogen-bond acceptors (Lipinski definition) is 2. The maximum Gasteiger partial charge on any atom is 0.255 e. The number of aryl methyl sites for hydroxylation is 1. The number of anilines is 2. The minimum absolute atomic E-state index is 0.0916. The van der Waals surface area contributed by atoms with Gasteiger partial charge >= 0.3 is 0 Å². The summed E-state index contributed by atoms with van der Waals surface area (Å²) in [7, 11) is 0. The van der Waals surface area contributed by atoms with Gasteiger partial charge in [0.25, 0.3) is 5.91 Å². The highest BCUT2D eigenvalue weighted by molar-refractivity contribution is 9.10. The Morgan fingerprint density at radius 2 is 2.10 bits per heavy atom. The van der Waals surface area contributed by atoms with Gasteiger partial charge in [0.05, 0.1) is 5.69 Å². The fourth-order valence-electron chi connectivity index (χ4n) is 2.35. The molecule has 0 bridgehead atoms. The van der Waals surface area contributed by atoms with Crippen molar-refractivity contribution in [1.82, 2.24) is 0 Å². The Balaban J connectivity index is 1.82. The van der Waals surface area contributed by atoms with Gasteiger partial charge in [0.2, 0.25) is 0 Å². The van der Waals surface area contributed by atoms with Gasteiger partial charge in [0.15, 0.2) is 0 Å². The van der Waals surface area contributed by atoms with E-state index in [9.17, 15) is 4.79 Å². The van der Waals surface area contributed by atoms with Gasteiger partial charge in [-0.15, -0.1) is 0 Å². The average Bonchev–Trinajstić information content (AvgIpc) is 2.89. The molecule has 102 valence electrons. The van der Waals surface area contributed by atoms with E-state index >= 15 is 0 Å². The van der Waals surface area contributed by atoms with Crippen molar-refractivity contribution >= 4 is 33.2 Å². The molecule has 1 amide bonds. The van der Waals surface area contributed by atoms with Gasteiger partial charge < -0.3 is 10.6 Å². The first-order chi connectivity index (χ1) is 9.63. The molecule has 2 aromatic carbocycles. The van der Waals surface area contributed by atoms with Gasteiger partial charge in [-0.1, -0.05) is 12.1 Å². The van der Waals surface area contributed by atoms with E-state index in [4.69, 9.17) is 0 Å². The Kier molecular flexibility index (Phi) is 3.49. The topological polar surface area (TPSA) is 41.1 Å². The van der Waals surface area contributed by atoms with Crippen LogP contribution in [0.5, 0.6) is 0 Å². The number of carbonyl (C=O) groups excluding carboxylic acids is 1. The quantitative estimate of drug-likeness (QED) is 0.874. The Morgan fingerprint density at radius 1 is 1.25 bits per heavy atom. The second-order valence-electron chi connectivity index (χ2n) is 4.99. The average molecular weight is 331 g/mol. The summed E-state index contributed by atoms with van der Waals surface area (Å²) < 4.78 is 0.894. The van der Waals surface area contributed by atoms with Crippen LogP contribution in [0.3, 0.4) is 0 Å². The molecule has 0 saturated heterocycles. The third-order valence-corrected chi connectivity index (χ3v) is 4.11. The van der Waals surface area contributed by atoms with Crippen molar-refractivity contribution in [3.05, 3.63) is 57.6 Å². The van der Waals surface area contributed by atoms with Gasteiger partial charge in [0.1, 0.15) is 0 Å². The predicted molar refractivity (Wildman–Crippen MR) is 85.5 cm³/mol. The Labute approximate surface area is 126 Å². The summed E-state index contributed by atoms with van der Waals surface area (Å²) in [5.74, 6) is -0.0916. The van der Waals surface area contributed by atoms with Crippen molar-refractivity contribution in [2.24, 2.45) is 0 Å². The van der Waals surface area contributed by atoms with Crippen LogP contribution in [0, 0.1) is 6.92 Å². The lowest BCUT2D eigenvalue weighted by atomic mass is 10.1. The summed E-state index contributed by atoms with van der Waals surface area (Å²) in [6.07, 6.45) is 1.03. The molecule has 1 aliphatic heterocycles. The predicted octanol–water partition coefficient (Wildman–Crippen LogP) is 3.98. The van der Waals surface area contributed by atoms with Crippen LogP contribution in [0.2, 0.25) is 0 Å². The lowest BCUT2D eigenvalue weighted by Gasteiger charge is -2.09. The minimum atomic E-state index is -0.0916. The smallest absolute Gasteiger partial charge is 0.255 e. The molecule has 2 N–H and O–H groups in total. The van der Waals surface area contributed by atoms with Crippen LogP contribution in [0.15, 0.2) is 40.9 Å². The standard InChI is InChI=1S/C16H15BrN2O/c1-10-2-5-14(13(17)8-10)19-16(20)12-4-3-11-6-7-18-15(11)9-12/h2-5,8-9,18H,6-7H2,1H3,(H,19,20). The molecule has 0 spiro atoms. The van der Waals surface area contributed by atoms with Crippen molar-refractivity contribution in [2.75, 3.05) is 17.2 Å². The zero-order valence-electron chi connectivity index (χ0n) is 11.2. The molecule has 1 aliphatic rings. The highest BCUT2D eigenvalue weighted by atomic mass is 79.9. The van der Waals surface area contributed by atoms with E-state index in [0.717, 1.165) is 34.4 Å². The third kappa shape index (κ3) is 2.56. The number of amides is 1. The third-order valence-electron chi connectivity index (χ3n) is 3.45. The zero-order valence-corrected chi connectivity index (χ0v) is 12.8. The first-order valence-electron chi connectivity index (χ1n) is 6.58. The highest BCUT2D eigenvalue weighted by Crippen LogP contribution is 2.26. The van der Waals surface area contributed by atoms with Gasteiger partial charge in [-0.05, 0) is 64.7 Å². The first-order valence-corrected chi connectivity index (χ1v) is 7.37. The molecule has 4 heteroatoms. The van der Waals surface area contributed by atoms with Crippen LogP contribution < -0.4 is 10.6 Å². The lowest BCUT2D eigenvalue weighted by molar-refractivity contribution is 0.102. The molecule has 0 saturated carbocycles. The monoisotopic (exact) mass is 330 g/mol. The first kappa shape index (κ1) is 13.2. The minimum Gasteiger partial charge on any atom is -0.384 e. The van der Waals surface area contributed by atoms with Crippen LogP contribution in [0.4, 0.5) is 11.4 Å². The van der Waals surface area contributed by atoms with Gasteiger partial charge in [-0.3, -0.25) is 4.79 Å². The molecule has 0 radical (unpaired) electrons. The van der Waals surface area contributed by atoms with Crippen molar-refractivity contribution in [3.63, 3.8) is 0 Å². The number of rotatable bonds is 2. The summed E-state index contributed by atoms with van der Waals surface area (Å²) in [6.45, 7) is 2.96. The number of hydrogen-bond donors (Lipinski definition) is 2. The number of fused-ring (bicyclic) bond motifs is 1. The number of halogens is 1. The largest absolute Gasteiger partial charge is 0.384 e. The number of carbonyl (C=O) groups is 1. The molecule has 20 heavy (non-hydrogen) atoms. The Hall–Kier alpha value is -1.81. The maximum absolute atomic E-state index is 12.3. The van der Waals surface area contributed by atoms with Crippen LogP contribution in [0.1, 0.15) is 21.5 Å². The summed E-state index contributed by atoms with van der Waals surface area (Å²) in [4.78, 5) is 12.3. The molecule has 0 unspecified atom stereocenters. The SMILES string of the molecule is Cc1ccc(NC(=O)c2ccc3c(c2)NCC3)c(Br)c1.